The molecule has 2 N–H and O–H groups in total. The number of thiophene rings is 1. The van der Waals surface area contributed by atoms with Crippen molar-refractivity contribution in [1.82, 2.24) is 10.2 Å². The van der Waals surface area contributed by atoms with Gasteiger partial charge in [0, 0.05) is 18.0 Å². The second kappa shape index (κ2) is 7.99. The number of carboxylic acid groups (broad SMARTS) is 1. The Morgan fingerprint density at radius 2 is 1.91 bits per heavy atom. The highest BCUT2D eigenvalue weighted by molar-refractivity contribution is 7.16. The van der Waals surface area contributed by atoms with Crippen LogP contribution in [-0.4, -0.2) is 28.6 Å². The Kier molecular flexibility index (Phi) is 6.01. The zero-order valence-corrected chi connectivity index (χ0v) is 14.2. The Morgan fingerprint density at radius 1 is 1.22 bits per heavy atom. The Hall–Kier alpha value is -2.05. The smallest absolute Gasteiger partial charge is 0.335 e. The van der Waals surface area contributed by atoms with Crippen molar-refractivity contribution in [3.8, 4) is 0 Å². The van der Waals surface area contributed by atoms with Gasteiger partial charge in [-0.15, -0.1) is 11.3 Å². The summed E-state index contributed by atoms with van der Waals surface area (Å²) >= 11 is 7.36. The number of nitrogens with zero attached hydrogens (tertiary/aromatic N) is 1. The van der Waals surface area contributed by atoms with Gasteiger partial charge in [-0.2, -0.15) is 0 Å². The van der Waals surface area contributed by atoms with Gasteiger partial charge >= 0.3 is 12.0 Å². The van der Waals surface area contributed by atoms with Gasteiger partial charge in [-0.1, -0.05) is 23.7 Å². The number of hydrogen-bond acceptors (Lipinski definition) is 3. The number of urea groups is 1. The molecular weight excluding hydrogens is 336 g/mol. The molecule has 0 aliphatic rings. The summed E-state index contributed by atoms with van der Waals surface area (Å²) in [7, 11) is 0. The molecule has 0 fully saturated rings. The van der Waals surface area contributed by atoms with Crippen molar-refractivity contribution in [2.45, 2.75) is 20.0 Å². The van der Waals surface area contributed by atoms with Crippen LogP contribution in [0.1, 0.15) is 27.7 Å². The Labute approximate surface area is 143 Å². The van der Waals surface area contributed by atoms with Gasteiger partial charge in [0.25, 0.3) is 0 Å². The molecule has 2 amide bonds. The molecule has 2 aromatic rings. The molecule has 0 unspecified atom stereocenters. The van der Waals surface area contributed by atoms with Crippen molar-refractivity contribution in [2.75, 3.05) is 6.54 Å². The quantitative estimate of drug-likeness (QED) is 0.830. The summed E-state index contributed by atoms with van der Waals surface area (Å²) in [6, 6.07) is 9.99. The maximum absolute atomic E-state index is 12.2. The Balaban J connectivity index is 1.90. The highest BCUT2D eigenvalue weighted by Gasteiger charge is 2.13. The van der Waals surface area contributed by atoms with Gasteiger partial charge in [-0.3, -0.25) is 0 Å². The van der Waals surface area contributed by atoms with Gasteiger partial charge in [-0.05, 0) is 36.8 Å². The first kappa shape index (κ1) is 17.3. The first-order valence-electron chi connectivity index (χ1n) is 7.08. The van der Waals surface area contributed by atoms with E-state index < -0.39 is 5.97 Å². The molecule has 0 aliphatic heterocycles. The lowest BCUT2D eigenvalue weighted by Gasteiger charge is -2.20. The van der Waals surface area contributed by atoms with Gasteiger partial charge in [0.1, 0.15) is 0 Å². The summed E-state index contributed by atoms with van der Waals surface area (Å²) in [6.07, 6.45) is 0. The van der Waals surface area contributed by atoms with Crippen molar-refractivity contribution < 1.29 is 14.7 Å². The molecule has 5 nitrogen and oxygen atoms in total. The maximum atomic E-state index is 12.2. The summed E-state index contributed by atoms with van der Waals surface area (Å²) in [4.78, 5) is 25.7. The lowest BCUT2D eigenvalue weighted by Crippen LogP contribution is -2.38. The van der Waals surface area contributed by atoms with E-state index in [0.29, 0.717) is 24.0 Å². The van der Waals surface area contributed by atoms with E-state index in [1.807, 2.05) is 19.1 Å². The number of carboxylic acids is 1. The third-order valence-corrected chi connectivity index (χ3v) is 4.51. The largest absolute Gasteiger partial charge is 0.478 e. The van der Waals surface area contributed by atoms with Crippen LogP contribution in [0.5, 0.6) is 0 Å². The monoisotopic (exact) mass is 352 g/mol. The molecule has 1 heterocycles. The van der Waals surface area contributed by atoms with E-state index in [-0.39, 0.29) is 11.6 Å². The number of amides is 2. The number of rotatable bonds is 6. The molecule has 1 aromatic heterocycles. The van der Waals surface area contributed by atoms with Crippen LogP contribution in [-0.2, 0) is 13.1 Å². The fraction of sp³-hybridized carbons (Fsp3) is 0.250. The van der Waals surface area contributed by atoms with E-state index >= 15 is 0 Å². The number of benzene rings is 1. The number of hydrogen-bond donors (Lipinski definition) is 2. The lowest BCUT2D eigenvalue weighted by atomic mass is 10.1. The van der Waals surface area contributed by atoms with E-state index in [2.05, 4.69) is 5.32 Å². The molecule has 0 spiro atoms. The van der Waals surface area contributed by atoms with Gasteiger partial charge in [0.05, 0.1) is 16.4 Å². The molecule has 23 heavy (non-hydrogen) atoms. The summed E-state index contributed by atoms with van der Waals surface area (Å²) in [5.41, 5.74) is 1.07. The normalized spacial score (nSPS) is 10.3. The van der Waals surface area contributed by atoms with E-state index in [4.69, 9.17) is 16.7 Å². The molecular formula is C16H17ClN2O3S. The summed E-state index contributed by atoms with van der Waals surface area (Å²) in [5.74, 6) is -0.965. The molecule has 122 valence electrons. The summed E-state index contributed by atoms with van der Waals surface area (Å²) in [5, 5.41) is 11.7. The van der Waals surface area contributed by atoms with Gasteiger partial charge in [-0.25, -0.2) is 9.59 Å². The minimum absolute atomic E-state index is 0.167. The molecule has 0 bridgehead atoms. The molecule has 0 atom stereocenters. The van der Waals surface area contributed by atoms with Crippen molar-refractivity contribution in [1.29, 1.82) is 0 Å². The number of aromatic carboxylic acids is 1. The number of nitrogens with one attached hydrogen (secondary N) is 1. The average Bonchev–Trinajstić information content (AvgIpc) is 2.95. The van der Waals surface area contributed by atoms with Gasteiger partial charge in [0.15, 0.2) is 0 Å². The third kappa shape index (κ3) is 4.97. The minimum Gasteiger partial charge on any atom is -0.478 e. The highest BCUT2D eigenvalue weighted by atomic mass is 35.5. The predicted molar refractivity (Wildman–Crippen MR) is 91.1 cm³/mol. The van der Waals surface area contributed by atoms with Crippen LogP contribution in [0.3, 0.4) is 0 Å². The number of carbonyl (C=O) groups excluding carboxylic acids is 1. The number of halogens is 1. The summed E-state index contributed by atoms with van der Waals surface area (Å²) < 4.78 is 0.704. The molecule has 7 heteroatoms. The van der Waals surface area contributed by atoms with E-state index in [1.165, 1.54) is 23.5 Å². The Bertz CT molecular complexity index is 685. The minimum atomic E-state index is -0.965. The third-order valence-electron chi connectivity index (χ3n) is 3.29. The fourth-order valence-electron chi connectivity index (χ4n) is 2.01. The van der Waals surface area contributed by atoms with E-state index in [0.717, 1.165) is 10.4 Å². The van der Waals surface area contributed by atoms with Gasteiger partial charge < -0.3 is 15.3 Å². The summed E-state index contributed by atoms with van der Waals surface area (Å²) in [6.45, 7) is 3.36. The lowest BCUT2D eigenvalue weighted by molar-refractivity contribution is 0.0697. The molecule has 2 rings (SSSR count). The first-order chi connectivity index (χ1) is 11.0. The molecule has 1 aromatic carbocycles. The molecule has 0 radical (unpaired) electrons. The molecule has 0 aliphatic carbocycles. The van der Waals surface area contributed by atoms with Crippen LogP contribution in [0, 0.1) is 0 Å². The molecule has 0 saturated heterocycles. The van der Waals surface area contributed by atoms with Crippen molar-refractivity contribution in [3.05, 3.63) is 56.7 Å². The van der Waals surface area contributed by atoms with Crippen LogP contribution in [0.4, 0.5) is 4.79 Å². The SMILES string of the molecule is CCN(Cc1ccc(Cl)s1)C(=O)NCc1ccc(C(=O)O)cc1. The highest BCUT2D eigenvalue weighted by Crippen LogP contribution is 2.22. The fourth-order valence-corrected chi connectivity index (χ4v) is 3.11. The van der Waals surface area contributed by atoms with Crippen molar-refractivity contribution in [3.63, 3.8) is 0 Å². The van der Waals surface area contributed by atoms with Crippen LogP contribution in [0.15, 0.2) is 36.4 Å². The number of carbonyl (C=O) groups is 2. The Morgan fingerprint density at radius 3 is 2.43 bits per heavy atom. The van der Waals surface area contributed by atoms with Gasteiger partial charge in [0.2, 0.25) is 0 Å². The zero-order valence-electron chi connectivity index (χ0n) is 12.6. The average molecular weight is 353 g/mol. The van der Waals surface area contributed by atoms with Crippen LogP contribution in [0.2, 0.25) is 4.34 Å². The predicted octanol–water partition coefficient (Wildman–Crippen LogP) is 3.83. The zero-order chi connectivity index (χ0) is 16.8. The second-order valence-corrected chi connectivity index (χ2v) is 6.68. The van der Waals surface area contributed by atoms with Crippen LogP contribution < -0.4 is 5.32 Å². The maximum Gasteiger partial charge on any atom is 0.335 e. The molecule has 0 saturated carbocycles. The van der Waals surface area contributed by atoms with E-state index in [1.54, 1.807) is 17.0 Å². The topological polar surface area (TPSA) is 69.6 Å². The second-order valence-electron chi connectivity index (χ2n) is 4.88. The van der Waals surface area contributed by atoms with Crippen LogP contribution in [0.25, 0.3) is 0 Å². The van der Waals surface area contributed by atoms with Crippen molar-refractivity contribution in [2.24, 2.45) is 0 Å². The van der Waals surface area contributed by atoms with Crippen LogP contribution >= 0.6 is 22.9 Å². The standard InChI is InChI=1S/C16H17ClN2O3S/c1-2-19(10-13-7-8-14(17)23-13)16(22)18-9-11-3-5-12(6-4-11)15(20)21/h3-8H,2,9-10H2,1H3,(H,18,22)(H,20,21). The van der Waals surface area contributed by atoms with E-state index in [9.17, 15) is 9.59 Å². The van der Waals surface area contributed by atoms with Crippen molar-refractivity contribution >= 4 is 34.9 Å². The first-order valence-corrected chi connectivity index (χ1v) is 8.28.